The van der Waals surface area contributed by atoms with Crippen molar-refractivity contribution < 1.29 is 54.2 Å². The van der Waals surface area contributed by atoms with Crippen LogP contribution in [0.3, 0.4) is 0 Å². The number of hydrogen-bond donors (Lipinski definition) is 1. The molecule has 3 amide bonds. The van der Waals surface area contributed by atoms with Crippen molar-refractivity contribution in [3.8, 4) is 28.7 Å². The molecule has 18 heteroatoms. The van der Waals surface area contributed by atoms with Crippen molar-refractivity contribution in [2.24, 2.45) is 4.99 Å². The number of benzene rings is 3. The highest BCUT2D eigenvalue weighted by atomic mass is 32.2. The lowest BCUT2D eigenvalue weighted by atomic mass is 10.1. The number of nitrogens with one attached hydrogen (secondary N) is 1. The molecule has 0 bridgehead atoms. The van der Waals surface area contributed by atoms with Gasteiger partial charge in [0.05, 0.1) is 23.7 Å². The molecule has 2 heterocycles. The summed E-state index contributed by atoms with van der Waals surface area (Å²) in [5.74, 6) is -2.15. The number of aliphatic imine (C=N–C) groups is 1. The standard InChI is InChI=1S/C29H20F7N5O5S/c1-15-2-3-18(12-44-14-28(31,32)33)22(10-15)41-23(42)13-47-27(41)38-26(43)37-21-9-6-17(11-20(21)30)25-40-39-24(45-25)16-4-7-19(8-5-16)46-29(34,35)36/h2-11H,12-14H2,1H3,(H,37,43)/b38-27-. The Morgan fingerprint density at radius 3 is 2.34 bits per heavy atom. The maximum atomic E-state index is 15.0. The average Bonchev–Trinajstić information content (AvgIpc) is 3.61. The molecule has 246 valence electrons. The van der Waals surface area contributed by atoms with E-state index in [4.69, 9.17) is 9.15 Å². The van der Waals surface area contributed by atoms with Crippen LogP contribution in [-0.4, -0.2) is 52.2 Å². The summed E-state index contributed by atoms with van der Waals surface area (Å²) < 4.78 is 104. The summed E-state index contributed by atoms with van der Waals surface area (Å²) in [6.45, 7) is -0.259. The van der Waals surface area contributed by atoms with Crippen LogP contribution in [0.25, 0.3) is 22.9 Å². The minimum Gasteiger partial charge on any atom is -0.416 e. The van der Waals surface area contributed by atoms with Crippen LogP contribution in [0, 0.1) is 12.7 Å². The van der Waals surface area contributed by atoms with Gasteiger partial charge in [0.15, 0.2) is 5.17 Å². The zero-order chi connectivity index (χ0) is 33.9. The fourth-order valence-corrected chi connectivity index (χ4v) is 5.06. The first-order valence-corrected chi connectivity index (χ1v) is 14.2. The highest BCUT2D eigenvalue weighted by Gasteiger charge is 2.33. The number of nitrogens with zero attached hydrogens (tertiary/aromatic N) is 4. The normalized spacial score (nSPS) is 14.6. The quantitative estimate of drug-likeness (QED) is 0.190. The highest BCUT2D eigenvalue weighted by molar-refractivity contribution is 8.15. The zero-order valence-electron chi connectivity index (χ0n) is 23.8. The number of hydrogen-bond acceptors (Lipinski definition) is 8. The van der Waals surface area contributed by atoms with Gasteiger partial charge < -0.3 is 19.2 Å². The summed E-state index contributed by atoms with van der Waals surface area (Å²) >= 11 is 0.909. The molecule has 4 aromatic rings. The molecule has 1 fully saturated rings. The number of amidine groups is 1. The predicted molar refractivity (Wildman–Crippen MR) is 155 cm³/mol. The van der Waals surface area contributed by atoms with Gasteiger partial charge in [0.25, 0.3) is 0 Å². The van der Waals surface area contributed by atoms with Gasteiger partial charge >= 0.3 is 18.6 Å². The van der Waals surface area contributed by atoms with Gasteiger partial charge in [-0.25, -0.2) is 9.18 Å². The molecule has 0 saturated carbocycles. The number of carbonyl (C=O) groups excluding carboxylic acids is 2. The number of ether oxygens (including phenoxy) is 2. The molecule has 3 aromatic carbocycles. The lowest BCUT2D eigenvalue weighted by Gasteiger charge is -2.21. The van der Waals surface area contributed by atoms with Crippen molar-refractivity contribution in [3.05, 3.63) is 77.6 Å². The number of rotatable bonds is 8. The van der Waals surface area contributed by atoms with Crippen LogP contribution in [0.5, 0.6) is 5.75 Å². The minimum atomic E-state index is -4.86. The van der Waals surface area contributed by atoms with Crippen LogP contribution < -0.4 is 15.0 Å². The first-order chi connectivity index (χ1) is 22.1. The fraction of sp³-hybridized carbons (Fsp3) is 0.207. The highest BCUT2D eigenvalue weighted by Crippen LogP contribution is 2.33. The van der Waals surface area contributed by atoms with Gasteiger partial charge in [0, 0.05) is 16.7 Å². The Morgan fingerprint density at radius 2 is 1.68 bits per heavy atom. The van der Waals surface area contributed by atoms with Crippen LogP contribution in [-0.2, 0) is 16.1 Å². The average molecular weight is 684 g/mol. The molecule has 0 atom stereocenters. The molecule has 1 N–H and O–H groups in total. The number of alkyl halides is 6. The summed E-state index contributed by atoms with van der Waals surface area (Å²) in [7, 11) is 0. The summed E-state index contributed by atoms with van der Waals surface area (Å²) in [5, 5.41) is 9.84. The maximum absolute atomic E-state index is 15.0. The summed E-state index contributed by atoms with van der Waals surface area (Å²) in [6.07, 6.45) is -9.41. The second-order valence-corrected chi connectivity index (χ2v) is 10.7. The molecule has 1 aliphatic heterocycles. The number of aromatic nitrogens is 2. The van der Waals surface area contributed by atoms with Gasteiger partial charge in [-0.3, -0.25) is 9.69 Å². The second-order valence-electron chi connectivity index (χ2n) is 9.76. The number of amides is 3. The van der Waals surface area contributed by atoms with Crippen molar-refractivity contribution in [2.75, 3.05) is 22.6 Å². The Bertz CT molecular complexity index is 1830. The molecule has 1 saturated heterocycles. The van der Waals surface area contributed by atoms with Crippen LogP contribution >= 0.6 is 11.8 Å². The van der Waals surface area contributed by atoms with Crippen LogP contribution in [0.15, 0.2) is 70.1 Å². The van der Waals surface area contributed by atoms with Crippen molar-refractivity contribution in [1.82, 2.24) is 10.2 Å². The molecule has 47 heavy (non-hydrogen) atoms. The lowest BCUT2D eigenvalue weighted by molar-refractivity contribution is -0.274. The SMILES string of the molecule is Cc1ccc(COCC(F)(F)F)c(N2C(=O)CS/C2=N\C(=O)Nc2ccc(-c3nnc(-c4ccc(OC(F)(F)F)cc4)o3)cc2F)c1. The maximum Gasteiger partial charge on any atom is 0.573 e. The van der Waals surface area contributed by atoms with E-state index in [2.05, 4.69) is 25.2 Å². The van der Waals surface area contributed by atoms with Gasteiger partial charge in [-0.05, 0) is 61.0 Å². The molecule has 10 nitrogen and oxygen atoms in total. The molecule has 1 aromatic heterocycles. The van der Waals surface area contributed by atoms with Crippen molar-refractivity contribution >= 4 is 40.2 Å². The topological polar surface area (TPSA) is 119 Å². The van der Waals surface area contributed by atoms with E-state index in [1.165, 1.54) is 30.3 Å². The third kappa shape index (κ3) is 8.64. The minimum absolute atomic E-state index is 0.0657. The number of thioether (sulfide) groups is 1. The van der Waals surface area contributed by atoms with E-state index >= 15 is 0 Å². The van der Waals surface area contributed by atoms with Gasteiger partial charge in [-0.1, -0.05) is 23.9 Å². The fourth-order valence-electron chi connectivity index (χ4n) is 4.20. The van der Waals surface area contributed by atoms with Gasteiger partial charge in [0.2, 0.25) is 17.7 Å². The first-order valence-electron chi connectivity index (χ1n) is 13.2. The van der Waals surface area contributed by atoms with E-state index in [-0.39, 0.29) is 50.8 Å². The smallest absolute Gasteiger partial charge is 0.416 e. The molecule has 0 unspecified atom stereocenters. The summed E-state index contributed by atoms with van der Waals surface area (Å²) in [4.78, 5) is 30.5. The van der Waals surface area contributed by atoms with Crippen LogP contribution in [0.1, 0.15) is 11.1 Å². The van der Waals surface area contributed by atoms with E-state index in [9.17, 15) is 40.3 Å². The molecule has 0 radical (unpaired) electrons. The van der Waals surface area contributed by atoms with Gasteiger partial charge in [-0.15, -0.1) is 23.4 Å². The second kappa shape index (κ2) is 13.4. The van der Waals surface area contributed by atoms with Crippen LogP contribution in [0.2, 0.25) is 0 Å². The zero-order valence-corrected chi connectivity index (χ0v) is 24.6. The third-order valence-corrected chi connectivity index (χ3v) is 7.11. The van der Waals surface area contributed by atoms with E-state index < -0.39 is 49.3 Å². The number of urea groups is 1. The number of aryl methyl sites for hydroxylation is 1. The monoisotopic (exact) mass is 683 g/mol. The van der Waals surface area contributed by atoms with Crippen molar-refractivity contribution in [2.45, 2.75) is 26.1 Å². The van der Waals surface area contributed by atoms with Gasteiger partial charge in [0.1, 0.15) is 18.2 Å². The largest absolute Gasteiger partial charge is 0.573 e. The van der Waals surface area contributed by atoms with E-state index in [1.54, 1.807) is 19.1 Å². The molecule has 1 aliphatic rings. The Hall–Kier alpha value is -4.97. The van der Waals surface area contributed by atoms with Crippen molar-refractivity contribution in [3.63, 3.8) is 0 Å². The summed E-state index contributed by atoms with van der Waals surface area (Å²) in [6, 6.07) is 11.8. The van der Waals surface area contributed by atoms with E-state index in [0.29, 0.717) is 5.56 Å². The predicted octanol–water partition coefficient (Wildman–Crippen LogP) is 7.50. The molecular formula is C29H20F7N5O5S. The third-order valence-electron chi connectivity index (χ3n) is 6.19. The number of carbonyl (C=O) groups is 2. The molecule has 0 spiro atoms. The Balaban J connectivity index is 1.29. The Morgan fingerprint density at radius 1 is 1.00 bits per heavy atom. The van der Waals surface area contributed by atoms with Crippen molar-refractivity contribution in [1.29, 1.82) is 0 Å². The number of halogens is 7. The number of anilines is 2. The molecule has 5 rings (SSSR count). The van der Waals surface area contributed by atoms with E-state index in [0.717, 1.165) is 34.9 Å². The summed E-state index contributed by atoms with van der Waals surface area (Å²) in [5.41, 5.74) is 1.21. The molecular weight excluding hydrogens is 663 g/mol. The Labute approximate surface area is 264 Å². The van der Waals surface area contributed by atoms with E-state index in [1.807, 2.05) is 0 Å². The molecule has 0 aliphatic carbocycles. The lowest BCUT2D eigenvalue weighted by Crippen LogP contribution is -2.31. The first kappa shape index (κ1) is 33.4. The van der Waals surface area contributed by atoms with Gasteiger partial charge in [-0.2, -0.15) is 18.2 Å². The van der Waals surface area contributed by atoms with Crippen LogP contribution in [0.4, 0.5) is 46.9 Å². The Kier molecular flexibility index (Phi) is 9.53.